The Hall–Kier alpha value is -1.76. The van der Waals surface area contributed by atoms with Crippen LogP contribution in [0.3, 0.4) is 0 Å². The van der Waals surface area contributed by atoms with E-state index in [1.165, 1.54) is 5.01 Å². The average Bonchev–Trinajstić information content (AvgIpc) is 3.08. The molecule has 1 spiro atoms. The van der Waals surface area contributed by atoms with Gasteiger partial charge >= 0.3 is 0 Å². The largest absolute Gasteiger partial charge is 0.363 e. The van der Waals surface area contributed by atoms with Gasteiger partial charge in [-0.3, -0.25) is 9.69 Å². The normalized spacial score (nSPS) is 25.3. The molecule has 1 atom stereocenters. The maximum atomic E-state index is 12.4. The van der Waals surface area contributed by atoms with Gasteiger partial charge in [-0.05, 0) is 37.9 Å². The quantitative estimate of drug-likeness (QED) is 0.847. The summed E-state index contributed by atoms with van der Waals surface area (Å²) in [6, 6.07) is 9.94. The summed E-state index contributed by atoms with van der Waals surface area (Å²) in [6.07, 6.45) is 4.90. The van der Waals surface area contributed by atoms with Crippen LogP contribution in [-0.4, -0.2) is 47.6 Å². The number of amides is 1. The molecule has 0 radical (unpaired) electrons. The second kappa shape index (κ2) is 7.23. The number of ether oxygens (including phenoxy) is 1. The Bertz CT molecular complexity index is 707. The Kier molecular flexibility index (Phi) is 4.83. The molecule has 1 aromatic carbocycles. The van der Waals surface area contributed by atoms with Gasteiger partial charge in [-0.1, -0.05) is 18.2 Å². The number of benzene rings is 1. The van der Waals surface area contributed by atoms with Gasteiger partial charge in [0.1, 0.15) is 11.6 Å². The van der Waals surface area contributed by atoms with Crippen molar-refractivity contribution in [3.05, 3.63) is 46.9 Å². The highest BCUT2D eigenvalue weighted by molar-refractivity contribution is 7.09. The second-order valence-corrected chi connectivity index (χ2v) is 7.82. The third-order valence-corrected chi connectivity index (χ3v) is 5.91. The lowest BCUT2D eigenvalue weighted by atomic mass is 9.92. The van der Waals surface area contributed by atoms with Crippen LogP contribution in [0.25, 0.3) is 0 Å². The standard InChI is InChI=1S/C19H23N3O2S/c23-18-14-24-19(15-22(18)16-5-2-1-3-6-16)7-4-10-21(11-8-19)13-17-20-9-12-25-17/h1-3,5-6,9,12H,4,7-8,10-11,13-15H2. The van der Waals surface area contributed by atoms with E-state index in [-0.39, 0.29) is 18.1 Å². The lowest BCUT2D eigenvalue weighted by Gasteiger charge is -2.42. The first-order valence-corrected chi connectivity index (χ1v) is 9.72. The summed E-state index contributed by atoms with van der Waals surface area (Å²) in [4.78, 5) is 21.1. The van der Waals surface area contributed by atoms with E-state index < -0.39 is 0 Å². The summed E-state index contributed by atoms with van der Waals surface area (Å²) < 4.78 is 6.10. The van der Waals surface area contributed by atoms with Crippen LogP contribution in [0.5, 0.6) is 0 Å². The van der Waals surface area contributed by atoms with Crippen molar-refractivity contribution in [3.8, 4) is 0 Å². The van der Waals surface area contributed by atoms with Crippen LogP contribution in [0.2, 0.25) is 0 Å². The number of nitrogens with zero attached hydrogens (tertiary/aromatic N) is 3. The molecular weight excluding hydrogens is 334 g/mol. The zero-order valence-corrected chi connectivity index (χ0v) is 15.1. The van der Waals surface area contributed by atoms with E-state index in [0.29, 0.717) is 6.54 Å². The van der Waals surface area contributed by atoms with Crippen LogP contribution < -0.4 is 4.90 Å². The van der Waals surface area contributed by atoms with Crippen molar-refractivity contribution >= 4 is 22.9 Å². The van der Waals surface area contributed by atoms with Crippen molar-refractivity contribution < 1.29 is 9.53 Å². The van der Waals surface area contributed by atoms with Gasteiger partial charge in [0.2, 0.25) is 0 Å². The van der Waals surface area contributed by atoms with E-state index in [9.17, 15) is 4.79 Å². The SMILES string of the molecule is O=C1COC2(CCCN(Cc3nccs3)CC2)CN1c1ccccc1. The van der Waals surface area contributed by atoms with E-state index in [1.54, 1.807) is 11.3 Å². The molecule has 1 unspecified atom stereocenters. The van der Waals surface area contributed by atoms with Gasteiger partial charge in [0.15, 0.2) is 0 Å². The molecule has 2 aromatic rings. The fourth-order valence-electron chi connectivity index (χ4n) is 3.76. The first kappa shape index (κ1) is 16.7. The summed E-state index contributed by atoms with van der Waals surface area (Å²) in [7, 11) is 0. The monoisotopic (exact) mass is 357 g/mol. The molecule has 0 N–H and O–H groups in total. The van der Waals surface area contributed by atoms with Crippen LogP contribution in [0, 0.1) is 0 Å². The molecule has 2 fully saturated rings. The van der Waals surface area contributed by atoms with E-state index in [0.717, 1.165) is 44.6 Å². The molecule has 0 bridgehead atoms. The minimum absolute atomic E-state index is 0.0562. The molecule has 4 rings (SSSR count). The van der Waals surface area contributed by atoms with Gasteiger partial charge in [0.25, 0.3) is 5.91 Å². The zero-order valence-electron chi connectivity index (χ0n) is 14.3. The van der Waals surface area contributed by atoms with Gasteiger partial charge < -0.3 is 9.64 Å². The maximum absolute atomic E-state index is 12.4. The van der Waals surface area contributed by atoms with E-state index >= 15 is 0 Å². The first-order valence-electron chi connectivity index (χ1n) is 8.84. The fraction of sp³-hybridized carbons (Fsp3) is 0.474. The molecule has 2 aliphatic heterocycles. The fourth-order valence-corrected chi connectivity index (χ4v) is 4.42. The Morgan fingerprint density at radius 3 is 2.88 bits per heavy atom. The van der Waals surface area contributed by atoms with Gasteiger partial charge in [-0.2, -0.15) is 0 Å². The lowest BCUT2D eigenvalue weighted by molar-refractivity contribution is -0.140. The van der Waals surface area contributed by atoms with E-state index in [2.05, 4.69) is 9.88 Å². The Balaban J connectivity index is 1.45. The van der Waals surface area contributed by atoms with Crippen molar-refractivity contribution in [2.45, 2.75) is 31.4 Å². The van der Waals surface area contributed by atoms with Crippen molar-refractivity contribution in [3.63, 3.8) is 0 Å². The molecule has 3 heterocycles. The number of hydrogen-bond donors (Lipinski definition) is 0. The number of rotatable bonds is 3. The summed E-state index contributed by atoms with van der Waals surface area (Å²) in [5, 5.41) is 3.20. The predicted octanol–water partition coefficient (Wildman–Crippen LogP) is 2.93. The molecule has 1 amide bonds. The molecular formula is C19H23N3O2S. The number of para-hydroxylation sites is 1. The first-order chi connectivity index (χ1) is 12.2. The number of thiazole rings is 1. The number of carbonyl (C=O) groups excluding carboxylic acids is 1. The minimum Gasteiger partial charge on any atom is -0.363 e. The highest BCUT2D eigenvalue weighted by atomic mass is 32.1. The topological polar surface area (TPSA) is 45.7 Å². The van der Waals surface area contributed by atoms with Crippen LogP contribution in [0.1, 0.15) is 24.3 Å². The molecule has 6 heteroatoms. The predicted molar refractivity (Wildman–Crippen MR) is 98.7 cm³/mol. The van der Waals surface area contributed by atoms with Gasteiger partial charge in [-0.15, -0.1) is 11.3 Å². The molecule has 1 aromatic heterocycles. The molecule has 2 aliphatic rings. The Morgan fingerprint density at radius 1 is 1.20 bits per heavy atom. The number of hydrogen-bond acceptors (Lipinski definition) is 5. The molecule has 25 heavy (non-hydrogen) atoms. The van der Waals surface area contributed by atoms with Crippen molar-refractivity contribution in [2.75, 3.05) is 31.1 Å². The number of anilines is 1. The number of aromatic nitrogens is 1. The second-order valence-electron chi connectivity index (χ2n) is 6.84. The highest BCUT2D eigenvalue weighted by Gasteiger charge is 2.41. The van der Waals surface area contributed by atoms with Gasteiger partial charge in [0, 0.05) is 23.8 Å². The molecule has 2 saturated heterocycles. The Morgan fingerprint density at radius 2 is 2.08 bits per heavy atom. The van der Waals surface area contributed by atoms with E-state index in [4.69, 9.17) is 4.74 Å². The zero-order chi connectivity index (χ0) is 17.1. The third-order valence-electron chi connectivity index (χ3n) is 5.15. The third kappa shape index (κ3) is 3.76. The van der Waals surface area contributed by atoms with Crippen molar-refractivity contribution in [1.29, 1.82) is 0 Å². The van der Waals surface area contributed by atoms with Crippen LogP contribution in [0.4, 0.5) is 5.69 Å². The Labute approximate surface area is 152 Å². The number of carbonyl (C=O) groups is 1. The maximum Gasteiger partial charge on any atom is 0.253 e. The molecule has 5 nitrogen and oxygen atoms in total. The minimum atomic E-state index is -0.221. The van der Waals surface area contributed by atoms with Gasteiger partial charge in [-0.25, -0.2) is 4.98 Å². The van der Waals surface area contributed by atoms with Crippen molar-refractivity contribution in [1.82, 2.24) is 9.88 Å². The molecule has 0 saturated carbocycles. The van der Waals surface area contributed by atoms with Crippen molar-refractivity contribution in [2.24, 2.45) is 0 Å². The average molecular weight is 357 g/mol. The lowest BCUT2D eigenvalue weighted by Crippen LogP contribution is -2.55. The van der Waals surface area contributed by atoms with Gasteiger partial charge in [0.05, 0.1) is 18.7 Å². The van der Waals surface area contributed by atoms with Crippen LogP contribution in [-0.2, 0) is 16.1 Å². The highest BCUT2D eigenvalue weighted by Crippen LogP contribution is 2.33. The van der Waals surface area contributed by atoms with E-state index in [1.807, 2.05) is 46.8 Å². The summed E-state index contributed by atoms with van der Waals surface area (Å²) in [5.74, 6) is 0.0562. The number of morpholine rings is 1. The smallest absolute Gasteiger partial charge is 0.253 e. The molecule has 132 valence electrons. The molecule has 0 aliphatic carbocycles. The van der Waals surface area contributed by atoms with Crippen LogP contribution >= 0.6 is 11.3 Å². The summed E-state index contributed by atoms with van der Waals surface area (Å²) in [5.41, 5.74) is 0.751. The number of likely N-dealkylation sites (tertiary alicyclic amines) is 1. The summed E-state index contributed by atoms with van der Waals surface area (Å²) >= 11 is 1.71. The summed E-state index contributed by atoms with van der Waals surface area (Å²) in [6.45, 7) is 3.79. The van der Waals surface area contributed by atoms with Crippen LogP contribution in [0.15, 0.2) is 41.9 Å².